The van der Waals surface area contributed by atoms with Gasteiger partial charge in [0.05, 0.1) is 112 Å². The fourth-order valence-electron chi connectivity index (χ4n) is 11.2. The Bertz CT molecular complexity index is 1270. The molecule has 0 amide bonds. The molecular formula is C69H145N7O14. The summed E-state index contributed by atoms with van der Waals surface area (Å²) in [6.45, 7) is 48.8. The molecule has 0 aliphatic carbocycles. The third kappa shape index (κ3) is 60.8. The maximum Gasteiger partial charge on any atom is 0.0701 e. The van der Waals surface area contributed by atoms with Crippen LogP contribution in [0.4, 0.5) is 0 Å². The predicted octanol–water partition coefficient (Wildman–Crippen LogP) is 7.03. The molecule has 0 aromatic heterocycles. The van der Waals surface area contributed by atoms with Crippen molar-refractivity contribution in [2.75, 3.05) is 310 Å². The van der Waals surface area contributed by atoms with Gasteiger partial charge in [-0.1, -0.05) is 6.92 Å². The quantitative estimate of drug-likeness (QED) is 0.0594. The van der Waals surface area contributed by atoms with Gasteiger partial charge in [0.15, 0.2) is 0 Å². The van der Waals surface area contributed by atoms with Gasteiger partial charge in [-0.15, -0.1) is 0 Å². The Morgan fingerprint density at radius 2 is 0.422 bits per heavy atom. The van der Waals surface area contributed by atoms with E-state index in [4.69, 9.17) is 67.1 Å². The first-order valence-corrected chi connectivity index (χ1v) is 36.6. The molecule has 0 radical (unpaired) electrons. The molecule has 7 aliphatic heterocycles. The van der Waals surface area contributed by atoms with Gasteiger partial charge in [0, 0.05) is 106 Å². The summed E-state index contributed by atoms with van der Waals surface area (Å²) in [7, 11) is 3.40. The van der Waals surface area contributed by atoms with Crippen LogP contribution in [0.3, 0.4) is 0 Å². The molecule has 0 atom stereocenters. The highest BCUT2D eigenvalue weighted by Crippen LogP contribution is 2.11. The van der Waals surface area contributed by atoms with E-state index < -0.39 is 0 Å². The van der Waals surface area contributed by atoms with Crippen molar-refractivity contribution in [1.82, 2.24) is 34.3 Å². The van der Waals surface area contributed by atoms with Crippen molar-refractivity contribution in [3.63, 3.8) is 0 Å². The van der Waals surface area contributed by atoms with Crippen LogP contribution in [0.1, 0.15) is 143 Å². The van der Waals surface area contributed by atoms with Crippen LogP contribution in [0.25, 0.3) is 0 Å². The Labute approximate surface area is 552 Å². The van der Waals surface area contributed by atoms with Gasteiger partial charge in [-0.25, -0.2) is 0 Å². The fourth-order valence-corrected chi connectivity index (χ4v) is 11.2. The van der Waals surface area contributed by atoms with E-state index in [-0.39, 0.29) is 13.2 Å². The van der Waals surface area contributed by atoms with Crippen LogP contribution in [-0.2, 0) is 56.8 Å². The van der Waals surface area contributed by atoms with Crippen LogP contribution in [0.15, 0.2) is 0 Å². The predicted molar refractivity (Wildman–Crippen MR) is 366 cm³/mol. The molecular weight excluding hydrogens is 1150 g/mol. The molecule has 21 heteroatoms. The fraction of sp³-hybridized carbons (Fsp3) is 1.00. The summed E-state index contributed by atoms with van der Waals surface area (Å²) in [4.78, 5) is 17.3. The SMILES string of the molecule is CCCOCCOCCCN1CCCC1.CCOCCOCCCN1CCCC1.CCOCCOCCN1CCCC1.COCCOCCCN1CCCC1.COCCOCCN1CCCC1.OCCOCCCN1CCCC1.OCCOCCN1CCCC1. The summed E-state index contributed by atoms with van der Waals surface area (Å²) in [5.41, 5.74) is 0. The number of likely N-dealkylation sites (tertiary alicyclic amines) is 7. The normalized spacial score (nSPS) is 18.3. The summed E-state index contributed by atoms with van der Waals surface area (Å²) in [5, 5.41) is 16.9. The van der Waals surface area contributed by atoms with E-state index in [9.17, 15) is 0 Å². The Hall–Kier alpha value is -0.840. The van der Waals surface area contributed by atoms with Crippen molar-refractivity contribution in [2.45, 2.75) is 143 Å². The topological polar surface area (TPSA) is 174 Å². The minimum absolute atomic E-state index is 0.139. The van der Waals surface area contributed by atoms with E-state index in [1.165, 1.54) is 201 Å². The third-order valence-electron chi connectivity index (χ3n) is 16.3. The van der Waals surface area contributed by atoms with Crippen LogP contribution in [-0.4, -0.2) is 355 Å². The number of nitrogens with zero attached hydrogens (tertiary/aromatic N) is 7. The Morgan fingerprint density at radius 1 is 0.222 bits per heavy atom. The Morgan fingerprint density at radius 3 is 0.656 bits per heavy atom. The number of aliphatic hydroxyl groups is 2. The average Bonchev–Trinajstić information content (AvgIpc) is 4.46. The van der Waals surface area contributed by atoms with Crippen LogP contribution in [0.5, 0.6) is 0 Å². The molecule has 7 heterocycles. The summed E-state index contributed by atoms with van der Waals surface area (Å²) in [6, 6.07) is 0. The molecule has 7 saturated heterocycles. The first kappa shape index (κ1) is 87.2. The molecule has 540 valence electrons. The average molecular weight is 1300 g/mol. The number of rotatable bonds is 48. The first-order valence-electron chi connectivity index (χ1n) is 36.6. The van der Waals surface area contributed by atoms with Crippen molar-refractivity contribution in [3.8, 4) is 0 Å². The maximum atomic E-state index is 8.44. The minimum atomic E-state index is 0.139. The Kier molecular flexibility index (Phi) is 70.2. The van der Waals surface area contributed by atoms with Gasteiger partial charge in [0.1, 0.15) is 0 Å². The first-order chi connectivity index (χ1) is 44.5. The van der Waals surface area contributed by atoms with Crippen molar-refractivity contribution < 1.29 is 67.1 Å². The molecule has 7 fully saturated rings. The van der Waals surface area contributed by atoms with E-state index in [1.54, 1.807) is 14.2 Å². The molecule has 0 spiro atoms. The number of hydrogen-bond donors (Lipinski definition) is 2. The van der Waals surface area contributed by atoms with Crippen LogP contribution < -0.4 is 0 Å². The minimum Gasteiger partial charge on any atom is -0.394 e. The molecule has 0 aromatic carbocycles. The number of ether oxygens (including phenoxy) is 12. The molecule has 90 heavy (non-hydrogen) atoms. The molecule has 0 saturated carbocycles. The molecule has 7 aliphatic rings. The summed E-state index contributed by atoms with van der Waals surface area (Å²) in [6.07, 6.45) is 24.8. The van der Waals surface area contributed by atoms with Gasteiger partial charge in [-0.3, -0.25) is 0 Å². The zero-order valence-electron chi connectivity index (χ0n) is 59.2. The van der Waals surface area contributed by atoms with E-state index in [0.29, 0.717) is 26.4 Å². The molecule has 2 N–H and O–H groups in total. The van der Waals surface area contributed by atoms with Crippen molar-refractivity contribution in [2.24, 2.45) is 0 Å². The molecule has 0 bridgehead atoms. The van der Waals surface area contributed by atoms with Crippen LogP contribution in [0, 0.1) is 0 Å². The highest BCUT2D eigenvalue weighted by atomic mass is 16.5. The Balaban J connectivity index is 0.000000526. The highest BCUT2D eigenvalue weighted by molar-refractivity contribution is 4.70. The van der Waals surface area contributed by atoms with Gasteiger partial charge in [-0.2, -0.15) is 0 Å². The lowest BCUT2D eigenvalue weighted by atomic mass is 10.4. The van der Waals surface area contributed by atoms with Gasteiger partial charge in [0.2, 0.25) is 0 Å². The van der Waals surface area contributed by atoms with Gasteiger partial charge >= 0.3 is 0 Å². The number of aliphatic hydroxyl groups excluding tert-OH is 2. The van der Waals surface area contributed by atoms with Gasteiger partial charge < -0.3 is 101 Å². The maximum absolute atomic E-state index is 8.44. The molecule has 0 aromatic rings. The lowest BCUT2D eigenvalue weighted by molar-refractivity contribution is 0.0450. The zero-order valence-corrected chi connectivity index (χ0v) is 59.2. The van der Waals surface area contributed by atoms with Crippen molar-refractivity contribution >= 4 is 0 Å². The second kappa shape index (κ2) is 72.4. The van der Waals surface area contributed by atoms with E-state index >= 15 is 0 Å². The van der Waals surface area contributed by atoms with Crippen LogP contribution >= 0.6 is 0 Å². The second-order valence-electron chi connectivity index (χ2n) is 24.0. The van der Waals surface area contributed by atoms with Crippen LogP contribution in [0.2, 0.25) is 0 Å². The van der Waals surface area contributed by atoms with Gasteiger partial charge in [0.25, 0.3) is 0 Å². The third-order valence-corrected chi connectivity index (χ3v) is 16.3. The van der Waals surface area contributed by atoms with Crippen molar-refractivity contribution in [3.05, 3.63) is 0 Å². The molecule has 21 nitrogen and oxygen atoms in total. The summed E-state index contributed by atoms with van der Waals surface area (Å²) < 4.78 is 62.9. The standard InChI is InChI=1S/C12H25NO2.C11H23NO2.2C10H21NO2.2C9H19NO2.C8H17NO2/c1-2-9-14-11-12-15-10-5-8-13-6-3-4-7-13;1-2-13-10-11-14-9-5-8-12-6-3-4-7-12;1-12-9-10-13-8-4-7-11-5-2-3-6-11;1-2-12-9-10-13-8-7-11-5-3-4-6-11;1-11-8-9-12-7-6-10-4-2-3-5-10;11-7-9-12-8-3-6-10-4-1-2-5-10;10-6-8-11-7-5-9-3-1-2-4-9/h2-12H2,1H3;2-11H2,1H3;2*2-10H2,1H3;2-9H2,1H3;11H,1-9H2;10H,1-8H2. The lowest BCUT2D eigenvalue weighted by Crippen LogP contribution is -2.24. The highest BCUT2D eigenvalue weighted by Gasteiger charge is 2.15. The second-order valence-corrected chi connectivity index (χ2v) is 24.0. The monoisotopic (exact) mass is 1300 g/mol. The smallest absolute Gasteiger partial charge is 0.0701 e. The van der Waals surface area contributed by atoms with Crippen molar-refractivity contribution in [1.29, 1.82) is 0 Å². The summed E-state index contributed by atoms with van der Waals surface area (Å²) in [5.74, 6) is 0. The van der Waals surface area contributed by atoms with E-state index in [1.807, 2.05) is 13.8 Å². The van der Waals surface area contributed by atoms with E-state index in [2.05, 4.69) is 41.2 Å². The summed E-state index contributed by atoms with van der Waals surface area (Å²) >= 11 is 0. The number of methoxy groups -OCH3 is 2. The number of hydrogen-bond acceptors (Lipinski definition) is 21. The van der Waals surface area contributed by atoms with E-state index in [0.717, 1.165) is 177 Å². The molecule has 0 unspecified atom stereocenters. The largest absolute Gasteiger partial charge is 0.394 e. The lowest BCUT2D eigenvalue weighted by Gasteiger charge is -2.14. The molecule has 7 rings (SSSR count). The zero-order chi connectivity index (χ0) is 64.8. The van der Waals surface area contributed by atoms with Gasteiger partial charge in [-0.05, 0) is 227 Å².